The molecule has 122 valence electrons. The summed E-state index contributed by atoms with van der Waals surface area (Å²) in [6, 6.07) is 3.07. The number of ether oxygens (including phenoxy) is 1. The van der Waals surface area contributed by atoms with E-state index in [1.54, 1.807) is 0 Å². The van der Waals surface area contributed by atoms with Gasteiger partial charge in [-0.2, -0.15) is 13.2 Å². The number of hydrogen-bond donors (Lipinski definition) is 2. The molecule has 1 saturated carbocycles. The molecule has 2 atom stereocenters. The number of anilines is 2. The van der Waals surface area contributed by atoms with Crippen molar-refractivity contribution in [1.29, 1.82) is 0 Å². The number of alkyl halides is 3. The van der Waals surface area contributed by atoms with Crippen molar-refractivity contribution >= 4 is 17.3 Å². The molecule has 1 aromatic carbocycles. The molecular formula is C15H19F3N2O2. The first-order valence-electron chi connectivity index (χ1n) is 7.18. The number of carbonyl (C=O) groups is 1. The molecule has 0 aromatic heterocycles. The molecule has 0 saturated heterocycles. The second-order valence-corrected chi connectivity index (χ2v) is 5.48. The Bertz CT molecular complexity index is 546. The van der Waals surface area contributed by atoms with Crippen molar-refractivity contribution in [3.63, 3.8) is 0 Å². The van der Waals surface area contributed by atoms with E-state index >= 15 is 0 Å². The lowest BCUT2D eigenvalue weighted by Gasteiger charge is -2.32. The van der Waals surface area contributed by atoms with Gasteiger partial charge in [0.2, 0.25) is 0 Å². The Labute approximate surface area is 126 Å². The van der Waals surface area contributed by atoms with Gasteiger partial charge in [0, 0.05) is 6.92 Å². The zero-order valence-corrected chi connectivity index (χ0v) is 12.2. The second-order valence-electron chi connectivity index (χ2n) is 5.48. The van der Waals surface area contributed by atoms with Crippen LogP contribution in [-0.2, 0) is 15.7 Å². The zero-order valence-electron chi connectivity index (χ0n) is 12.2. The summed E-state index contributed by atoms with van der Waals surface area (Å²) >= 11 is 0. The van der Waals surface area contributed by atoms with E-state index < -0.39 is 11.7 Å². The van der Waals surface area contributed by atoms with Gasteiger partial charge in [0.05, 0.1) is 23.0 Å². The van der Waals surface area contributed by atoms with Gasteiger partial charge in [-0.3, -0.25) is 4.79 Å². The molecule has 1 fully saturated rings. The van der Waals surface area contributed by atoms with Crippen molar-refractivity contribution in [2.75, 3.05) is 11.1 Å². The lowest BCUT2D eigenvalue weighted by atomic mass is 9.92. The molecule has 0 aliphatic heterocycles. The van der Waals surface area contributed by atoms with Crippen LogP contribution in [0, 0.1) is 0 Å². The largest absolute Gasteiger partial charge is 0.460 e. The Morgan fingerprint density at radius 2 is 2.00 bits per heavy atom. The zero-order chi connectivity index (χ0) is 16.3. The fourth-order valence-electron chi connectivity index (χ4n) is 2.69. The van der Waals surface area contributed by atoms with Crippen LogP contribution in [0.5, 0.6) is 0 Å². The third-order valence-corrected chi connectivity index (χ3v) is 3.74. The highest BCUT2D eigenvalue weighted by Gasteiger charge is 2.32. The fraction of sp³-hybridized carbons (Fsp3) is 0.533. The average molecular weight is 316 g/mol. The van der Waals surface area contributed by atoms with Crippen LogP contribution in [0.25, 0.3) is 0 Å². The van der Waals surface area contributed by atoms with Crippen molar-refractivity contribution in [3.05, 3.63) is 23.8 Å². The van der Waals surface area contributed by atoms with Gasteiger partial charge in [0.25, 0.3) is 0 Å². The Morgan fingerprint density at radius 1 is 1.32 bits per heavy atom. The smallest absolute Gasteiger partial charge is 0.416 e. The number of esters is 1. The summed E-state index contributed by atoms with van der Waals surface area (Å²) in [5, 5.41) is 3.11. The number of benzene rings is 1. The molecule has 3 N–H and O–H groups in total. The van der Waals surface area contributed by atoms with E-state index in [2.05, 4.69) is 5.32 Å². The molecule has 0 heterocycles. The van der Waals surface area contributed by atoms with E-state index in [1.807, 2.05) is 0 Å². The predicted octanol–water partition coefficient (Wildman–Crippen LogP) is 3.57. The molecule has 2 rings (SSSR count). The quantitative estimate of drug-likeness (QED) is 0.661. The Balaban J connectivity index is 2.13. The van der Waals surface area contributed by atoms with Gasteiger partial charge >= 0.3 is 12.1 Å². The first kappa shape index (κ1) is 16.5. The summed E-state index contributed by atoms with van der Waals surface area (Å²) in [5.41, 5.74) is 5.39. The van der Waals surface area contributed by atoms with Crippen molar-refractivity contribution in [3.8, 4) is 0 Å². The molecule has 1 aliphatic carbocycles. The third kappa shape index (κ3) is 4.05. The van der Waals surface area contributed by atoms with Crippen molar-refractivity contribution < 1.29 is 22.7 Å². The minimum Gasteiger partial charge on any atom is -0.460 e. The minimum atomic E-state index is -4.42. The number of nitrogen functional groups attached to an aromatic ring is 1. The maximum atomic E-state index is 12.6. The average Bonchev–Trinajstić information content (AvgIpc) is 2.41. The Hall–Kier alpha value is -1.92. The van der Waals surface area contributed by atoms with Crippen molar-refractivity contribution in [1.82, 2.24) is 0 Å². The monoisotopic (exact) mass is 316 g/mol. The van der Waals surface area contributed by atoms with Gasteiger partial charge in [-0.1, -0.05) is 6.42 Å². The summed E-state index contributed by atoms with van der Waals surface area (Å²) in [7, 11) is 0. The second kappa shape index (κ2) is 6.46. The minimum absolute atomic E-state index is 0.0296. The van der Waals surface area contributed by atoms with E-state index in [0.717, 1.165) is 37.8 Å². The lowest BCUT2D eigenvalue weighted by Crippen LogP contribution is -2.39. The standard InChI is InChI=1S/C15H19F3N2O2/c1-9(21)22-14-5-3-2-4-13(14)20-12-7-6-10(8-11(12)19)15(16,17)18/h6-8,13-14,20H,2-5,19H2,1H3. The predicted molar refractivity (Wildman–Crippen MR) is 77.3 cm³/mol. The Kier molecular flexibility index (Phi) is 4.83. The molecule has 1 aromatic rings. The van der Waals surface area contributed by atoms with Gasteiger partial charge in [-0.05, 0) is 37.5 Å². The van der Waals surface area contributed by atoms with E-state index in [-0.39, 0.29) is 23.8 Å². The van der Waals surface area contributed by atoms with Crippen molar-refractivity contribution in [2.45, 2.75) is 50.9 Å². The lowest BCUT2D eigenvalue weighted by molar-refractivity contribution is -0.148. The molecule has 0 amide bonds. The number of nitrogens with two attached hydrogens (primary N) is 1. The maximum absolute atomic E-state index is 12.6. The van der Waals surface area contributed by atoms with Gasteiger partial charge in [0.1, 0.15) is 6.10 Å². The summed E-state index contributed by atoms with van der Waals surface area (Å²) < 4.78 is 43.2. The third-order valence-electron chi connectivity index (χ3n) is 3.74. The maximum Gasteiger partial charge on any atom is 0.416 e. The molecule has 4 nitrogen and oxygen atoms in total. The molecule has 22 heavy (non-hydrogen) atoms. The summed E-state index contributed by atoms with van der Waals surface area (Å²) in [6.45, 7) is 1.35. The van der Waals surface area contributed by atoms with Crippen molar-refractivity contribution in [2.24, 2.45) is 0 Å². The van der Waals surface area contributed by atoms with E-state index in [0.29, 0.717) is 5.69 Å². The number of rotatable bonds is 3. The number of hydrogen-bond acceptors (Lipinski definition) is 4. The molecule has 7 heteroatoms. The topological polar surface area (TPSA) is 64.3 Å². The Morgan fingerprint density at radius 3 is 2.59 bits per heavy atom. The molecule has 1 aliphatic rings. The molecule has 0 spiro atoms. The molecule has 2 unspecified atom stereocenters. The number of nitrogens with one attached hydrogen (secondary N) is 1. The van der Waals surface area contributed by atoms with Crippen LogP contribution >= 0.6 is 0 Å². The molecular weight excluding hydrogens is 297 g/mol. The first-order valence-corrected chi connectivity index (χ1v) is 7.18. The fourth-order valence-corrected chi connectivity index (χ4v) is 2.69. The van der Waals surface area contributed by atoms with Crippen LogP contribution < -0.4 is 11.1 Å². The van der Waals surface area contributed by atoms with Gasteiger partial charge in [-0.25, -0.2) is 0 Å². The van der Waals surface area contributed by atoms with Crippen LogP contribution in [0.15, 0.2) is 18.2 Å². The summed E-state index contributed by atoms with van der Waals surface area (Å²) in [5.74, 6) is -0.362. The SMILES string of the molecule is CC(=O)OC1CCCCC1Nc1ccc(C(F)(F)F)cc1N. The van der Waals surface area contributed by atoms with Crippen LogP contribution in [-0.4, -0.2) is 18.1 Å². The van der Waals surface area contributed by atoms with Crippen LogP contribution in [0.1, 0.15) is 38.2 Å². The molecule has 0 bridgehead atoms. The summed E-state index contributed by atoms with van der Waals surface area (Å²) in [6.07, 6.45) is -1.27. The molecule has 0 radical (unpaired) electrons. The summed E-state index contributed by atoms with van der Waals surface area (Å²) in [4.78, 5) is 11.1. The first-order chi connectivity index (χ1) is 10.3. The van der Waals surface area contributed by atoms with Gasteiger partial charge in [0.15, 0.2) is 0 Å². The highest BCUT2D eigenvalue weighted by Crippen LogP contribution is 2.34. The van der Waals surface area contributed by atoms with Crippen LogP contribution in [0.2, 0.25) is 0 Å². The van der Waals surface area contributed by atoms with Crippen LogP contribution in [0.3, 0.4) is 0 Å². The van der Waals surface area contributed by atoms with Gasteiger partial charge in [-0.15, -0.1) is 0 Å². The normalized spacial score (nSPS) is 22.2. The van der Waals surface area contributed by atoms with Crippen LogP contribution in [0.4, 0.5) is 24.5 Å². The number of carbonyl (C=O) groups excluding carboxylic acids is 1. The van der Waals surface area contributed by atoms with E-state index in [4.69, 9.17) is 10.5 Å². The van der Waals surface area contributed by atoms with E-state index in [1.165, 1.54) is 13.0 Å². The highest BCUT2D eigenvalue weighted by atomic mass is 19.4. The van der Waals surface area contributed by atoms with E-state index in [9.17, 15) is 18.0 Å². The highest BCUT2D eigenvalue weighted by molar-refractivity contribution is 5.68. The number of halogens is 3. The van der Waals surface area contributed by atoms with Gasteiger partial charge < -0.3 is 15.8 Å².